The van der Waals surface area contributed by atoms with Gasteiger partial charge in [-0.15, -0.1) is 0 Å². The van der Waals surface area contributed by atoms with Crippen LogP contribution in [0.3, 0.4) is 0 Å². The van der Waals surface area contributed by atoms with E-state index in [0.717, 1.165) is 11.1 Å². The number of hydrogen-bond donors (Lipinski definition) is 1. The van der Waals surface area contributed by atoms with Gasteiger partial charge in [-0.2, -0.15) is 0 Å². The first-order valence-corrected chi connectivity index (χ1v) is 6.04. The molecule has 5 heteroatoms. The Bertz CT molecular complexity index is 521. The lowest BCUT2D eigenvalue weighted by atomic mass is 9.80. The Morgan fingerprint density at radius 2 is 2.11 bits per heavy atom. The van der Waals surface area contributed by atoms with E-state index in [1.165, 1.54) is 0 Å². The summed E-state index contributed by atoms with van der Waals surface area (Å²) in [6.07, 6.45) is 0.507. The predicted octanol–water partition coefficient (Wildman–Crippen LogP) is 1.46. The lowest BCUT2D eigenvalue weighted by Gasteiger charge is -2.25. The minimum absolute atomic E-state index is 0.0258. The van der Waals surface area contributed by atoms with Crippen LogP contribution in [0.25, 0.3) is 0 Å². The Hall–Kier alpha value is -2.04. The van der Waals surface area contributed by atoms with Crippen LogP contribution in [-0.2, 0) is 22.4 Å². The van der Waals surface area contributed by atoms with Gasteiger partial charge in [-0.1, -0.05) is 6.07 Å². The first kappa shape index (κ1) is 13.4. The molecule has 1 aromatic carbocycles. The van der Waals surface area contributed by atoms with Crippen molar-refractivity contribution < 1.29 is 24.2 Å². The normalized spacial score (nSPS) is 17.8. The van der Waals surface area contributed by atoms with Gasteiger partial charge in [0.05, 0.1) is 20.6 Å². The fourth-order valence-electron chi connectivity index (χ4n) is 2.51. The molecule has 2 rings (SSSR count). The van der Waals surface area contributed by atoms with E-state index < -0.39 is 11.9 Å². The van der Waals surface area contributed by atoms with Gasteiger partial charge in [-0.25, -0.2) is 0 Å². The van der Waals surface area contributed by atoms with Crippen molar-refractivity contribution in [2.45, 2.75) is 19.3 Å². The summed E-state index contributed by atoms with van der Waals surface area (Å²) in [6.45, 7) is 0. The largest absolute Gasteiger partial charge is 0.493 e. The van der Waals surface area contributed by atoms with E-state index >= 15 is 0 Å². The lowest BCUT2D eigenvalue weighted by molar-refractivity contribution is -0.140. The predicted molar refractivity (Wildman–Crippen MR) is 67.7 cm³/mol. The van der Waals surface area contributed by atoms with E-state index in [1.54, 1.807) is 20.3 Å². The van der Waals surface area contributed by atoms with Crippen LogP contribution in [0.5, 0.6) is 11.5 Å². The highest BCUT2D eigenvalue weighted by molar-refractivity contribution is 5.89. The van der Waals surface area contributed by atoms with Gasteiger partial charge in [-0.3, -0.25) is 9.59 Å². The van der Waals surface area contributed by atoms with Gasteiger partial charge in [0.1, 0.15) is 5.78 Å². The summed E-state index contributed by atoms with van der Waals surface area (Å²) in [5, 5.41) is 8.85. The summed E-state index contributed by atoms with van der Waals surface area (Å²) in [7, 11) is 3.09. The van der Waals surface area contributed by atoms with Crippen LogP contribution >= 0.6 is 0 Å². The fourth-order valence-corrected chi connectivity index (χ4v) is 2.51. The van der Waals surface area contributed by atoms with Crippen molar-refractivity contribution in [3.8, 4) is 11.5 Å². The van der Waals surface area contributed by atoms with Crippen LogP contribution in [0.2, 0.25) is 0 Å². The second-order valence-corrected chi connectivity index (χ2v) is 4.58. The first-order chi connectivity index (χ1) is 9.06. The zero-order valence-corrected chi connectivity index (χ0v) is 10.9. The van der Waals surface area contributed by atoms with E-state index in [0.29, 0.717) is 17.9 Å². The Labute approximate surface area is 111 Å². The van der Waals surface area contributed by atoms with Gasteiger partial charge < -0.3 is 14.6 Å². The fraction of sp³-hybridized carbons (Fsp3) is 0.429. The number of methoxy groups -OCH3 is 2. The van der Waals surface area contributed by atoms with Gasteiger partial charge in [0, 0.05) is 17.9 Å². The van der Waals surface area contributed by atoms with Crippen molar-refractivity contribution in [1.29, 1.82) is 0 Å². The van der Waals surface area contributed by atoms with E-state index in [1.807, 2.05) is 6.07 Å². The standard InChI is InChI=1S/C14H16O5/c1-18-12-4-3-8-6-11(15)9(7-13(16)17)5-10(8)14(12)19-2/h3-4,9H,5-7H2,1-2H3,(H,16,17). The molecule has 102 valence electrons. The van der Waals surface area contributed by atoms with E-state index in [-0.39, 0.29) is 18.6 Å². The summed E-state index contributed by atoms with van der Waals surface area (Å²) in [5.41, 5.74) is 1.77. The molecule has 0 aliphatic heterocycles. The molecule has 0 saturated heterocycles. The molecule has 0 radical (unpaired) electrons. The molecule has 0 bridgehead atoms. The Kier molecular flexibility index (Phi) is 3.74. The third kappa shape index (κ3) is 2.54. The number of benzene rings is 1. The molecule has 5 nitrogen and oxygen atoms in total. The van der Waals surface area contributed by atoms with Crippen LogP contribution in [-0.4, -0.2) is 31.1 Å². The lowest BCUT2D eigenvalue weighted by Crippen LogP contribution is -2.28. The minimum Gasteiger partial charge on any atom is -0.493 e. The zero-order valence-electron chi connectivity index (χ0n) is 10.9. The average molecular weight is 264 g/mol. The maximum Gasteiger partial charge on any atom is 0.304 e. The molecule has 0 amide bonds. The third-order valence-corrected chi connectivity index (χ3v) is 3.44. The van der Waals surface area contributed by atoms with Crippen LogP contribution < -0.4 is 9.47 Å². The summed E-state index contributed by atoms with van der Waals surface area (Å²) in [5.74, 6) is -0.260. The smallest absolute Gasteiger partial charge is 0.304 e. The number of rotatable bonds is 4. The molecule has 19 heavy (non-hydrogen) atoms. The number of Topliss-reactive ketones (excluding diaryl/α,β-unsaturated/α-hetero) is 1. The maximum absolute atomic E-state index is 11.9. The van der Waals surface area contributed by atoms with Crippen molar-refractivity contribution in [2.75, 3.05) is 14.2 Å². The average Bonchev–Trinajstić information content (AvgIpc) is 2.37. The van der Waals surface area contributed by atoms with Crippen molar-refractivity contribution >= 4 is 11.8 Å². The molecule has 1 aliphatic carbocycles. The highest BCUT2D eigenvalue weighted by Crippen LogP contribution is 2.38. The molecule has 0 spiro atoms. The molecule has 1 aliphatic rings. The SMILES string of the molecule is COc1ccc2c(c1OC)CC(CC(=O)O)C(=O)C2. The van der Waals surface area contributed by atoms with Crippen molar-refractivity contribution in [2.24, 2.45) is 5.92 Å². The second kappa shape index (κ2) is 5.30. The molecule has 1 N–H and O–H groups in total. The molecule has 0 aromatic heterocycles. The molecule has 0 heterocycles. The third-order valence-electron chi connectivity index (χ3n) is 3.44. The maximum atomic E-state index is 11.9. The number of carbonyl (C=O) groups excluding carboxylic acids is 1. The highest BCUT2D eigenvalue weighted by atomic mass is 16.5. The number of hydrogen-bond acceptors (Lipinski definition) is 4. The van der Waals surface area contributed by atoms with E-state index in [9.17, 15) is 9.59 Å². The van der Waals surface area contributed by atoms with Gasteiger partial charge in [-0.05, 0) is 18.1 Å². The number of fused-ring (bicyclic) bond motifs is 1. The Morgan fingerprint density at radius 1 is 1.37 bits per heavy atom. The molecule has 0 fully saturated rings. The summed E-state index contributed by atoms with van der Waals surface area (Å²) in [4.78, 5) is 22.7. The van der Waals surface area contributed by atoms with Gasteiger partial charge in [0.15, 0.2) is 11.5 Å². The number of carboxylic acids is 1. The monoisotopic (exact) mass is 264 g/mol. The molecular formula is C14H16O5. The van der Waals surface area contributed by atoms with E-state index in [4.69, 9.17) is 14.6 Å². The Balaban J connectivity index is 2.40. The van der Waals surface area contributed by atoms with Crippen LogP contribution in [0.15, 0.2) is 12.1 Å². The van der Waals surface area contributed by atoms with Crippen molar-refractivity contribution in [1.82, 2.24) is 0 Å². The summed E-state index contributed by atoms with van der Waals surface area (Å²) < 4.78 is 10.6. The Morgan fingerprint density at radius 3 is 2.68 bits per heavy atom. The summed E-state index contributed by atoms with van der Waals surface area (Å²) in [6, 6.07) is 3.61. The number of carbonyl (C=O) groups is 2. The molecular weight excluding hydrogens is 248 g/mol. The molecule has 1 aromatic rings. The first-order valence-electron chi connectivity index (χ1n) is 6.04. The number of carboxylic acid groups (broad SMARTS) is 1. The highest BCUT2D eigenvalue weighted by Gasteiger charge is 2.31. The van der Waals surface area contributed by atoms with Crippen LogP contribution in [0.4, 0.5) is 0 Å². The van der Waals surface area contributed by atoms with Gasteiger partial charge >= 0.3 is 5.97 Å². The molecule has 0 saturated carbocycles. The number of ether oxygens (including phenoxy) is 2. The van der Waals surface area contributed by atoms with Crippen molar-refractivity contribution in [3.63, 3.8) is 0 Å². The summed E-state index contributed by atoms with van der Waals surface area (Å²) >= 11 is 0. The zero-order chi connectivity index (χ0) is 14.0. The van der Waals surface area contributed by atoms with Crippen molar-refractivity contribution in [3.05, 3.63) is 23.3 Å². The van der Waals surface area contributed by atoms with E-state index in [2.05, 4.69) is 0 Å². The number of ketones is 1. The van der Waals surface area contributed by atoms with Crippen LogP contribution in [0, 0.1) is 5.92 Å². The quantitative estimate of drug-likeness (QED) is 0.891. The number of aliphatic carboxylic acids is 1. The molecule has 1 unspecified atom stereocenters. The van der Waals surface area contributed by atoms with Gasteiger partial charge in [0.2, 0.25) is 0 Å². The minimum atomic E-state index is -0.955. The molecule has 1 atom stereocenters. The second-order valence-electron chi connectivity index (χ2n) is 4.58. The van der Waals surface area contributed by atoms with Gasteiger partial charge in [0.25, 0.3) is 0 Å². The van der Waals surface area contributed by atoms with Crippen LogP contribution in [0.1, 0.15) is 17.5 Å². The topological polar surface area (TPSA) is 72.8 Å².